The summed E-state index contributed by atoms with van der Waals surface area (Å²) in [4.78, 5) is 14.6. The van der Waals surface area contributed by atoms with E-state index >= 15 is 0 Å². The van der Waals surface area contributed by atoms with Crippen molar-refractivity contribution in [2.75, 3.05) is 7.11 Å². The quantitative estimate of drug-likeness (QED) is 0.752. The maximum absolute atomic E-state index is 12.4. The third kappa shape index (κ3) is 2.09. The van der Waals surface area contributed by atoms with Crippen molar-refractivity contribution in [3.05, 3.63) is 28.0 Å². The number of pyridine rings is 1. The van der Waals surface area contributed by atoms with Crippen molar-refractivity contribution in [1.29, 1.82) is 5.26 Å². The van der Waals surface area contributed by atoms with Crippen LogP contribution in [0.15, 0.2) is 6.20 Å². The van der Waals surface area contributed by atoms with Gasteiger partial charge in [0, 0.05) is 6.20 Å². The number of methoxy groups -OCH3 is 1. The Bertz CT molecular complexity index is 471. The first-order valence-corrected chi connectivity index (χ1v) is 4.35. The first-order valence-electron chi connectivity index (χ1n) is 3.97. The van der Waals surface area contributed by atoms with Crippen LogP contribution in [0, 0.1) is 11.3 Å². The lowest BCUT2D eigenvalue weighted by Crippen LogP contribution is -2.08. The molecule has 4 nitrogen and oxygen atoms in total. The molecule has 0 N–H and O–H groups in total. The number of carbonyl (C=O) groups excluding carboxylic acids is 1. The standard InChI is InChI=1S/C9H5ClF2N2O2/c1-16-9(15)5-4(2-13)3-14-7(6(5)10)8(11)12/h3,8H,1H3. The third-order valence-corrected chi connectivity index (χ3v) is 2.15. The van der Waals surface area contributed by atoms with Gasteiger partial charge in [0.05, 0.1) is 23.3 Å². The van der Waals surface area contributed by atoms with Crippen LogP contribution in [0.4, 0.5) is 8.78 Å². The number of hydrogen-bond donors (Lipinski definition) is 0. The molecule has 0 saturated heterocycles. The number of alkyl halides is 2. The van der Waals surface area contributed by atoms with Crippen molar-refractivity contribution < 1.29 is 18.3 Å². The van der Waals surface area contributed by atoms with Gasteiger partial charge < -0.3 is 4.74 Å². The Kier molecular flexibility index (Phi) is 3.74. The summed E-state index contributed by atoms with van der Waals surface area (Å²) in [6.45, 7) is 0. The zero-order chi connectivity index (χ0) is 12.3. The topological polar surface area (TPSA) is 63.0 Å². The van der Waals surface area contributed by atoms with E-state index in [9.17, 15) is 13.6 Å². The van der Waals surface area contributed by atoms with E-state index in [2.05, 4.69) is 9.72 Å². The molecule has 16 heavy (non-hydrogen) atoms. The number of ether oxygens (including phenoxy) is 1. The molecule has 0 bridgehead atoms. The maximum Gasteiger partial charge on any atom is 0.340 e. The van der Waals surface area contributed by atoms with E-state index in [1.54, 1.807) is 6.07 Å². The zero-order valence-corrected chi connectivity index (χ0v) is 8.76. The van der Waals surface area contributed by atoms with Gasteiger partial charge in [0.25, 0.3) is 6.43 Å². The van der Waals surface area contributed by atoms with Crippen LogP contribution in [0.3, 0.4) is 0 Å². The van der Waals surface area contributed by atoms with E-state index in [0.717, 1.165) is 13.3 Å². The van der Waals surface area contributed by atoms with Crippen LogP contribution in [-0.2, 0) is 4.74 Å². The van der Waals surface area contributed by atoms with E-state index in [0.29, 0.717) is 0 Å². The van der Waals surface area contributed by atoms with Crippen LogP contribution >= 0.6 is 11.6 Å². The lowest BCUT2D eigenvalue weighted by atomic mass is 10.1. The Morgan fingerprint density at radius 3 is 2.75 bits per heavy atom. The lowest BCUT2D eigenvalue weighted by molar-refractivity contribution is 0.0600. The first kappa shape index (κ1) is 12.3. The summed E-state index contributed by atoms with van der Waals surface area (Å²) >= 11 is 5.57. The molecule has 0 saturated carbocycles. The molecule has 7 heteroatoms. The number of nitrogens with zero attached hydrogens (tertiary/aromatic N) is 2. The summed E-state index contributed by atoms with van der Waals surface area (Å²) in [6.07, 6.45) is -2.07. The van der Waals surface area contributed by atoms with Crippen molar-refractivity contribution in [1.82, 2.24) is 4.98 Å². The van der Waals surface area contributed by atoms with Gasteiger partial charge in [-0.15, -0.1) is 0 Å². The molecule has 1 rings (SSSR count). The minimum atomic E-state index is -2.93. The Balaban J connectivity index is 3.48. The summed E-state index contributed by atoms with van der Waals surface area (Å²) in [7, 11) is 1.06. The van der Waals surface area contributed by atoms with Gasteiger partial charge in [-0.25, -0.2) is 13.6 Å². The molecule has 0 unspecified atom stereocenters. The second kappa shape index (κ2) is 4.86. The van der Waals surface area contributed by atoms with Gasteiger partial charge in [-0.1, -0.05) is 11.6 Å². The van der Waals surface area contributed by atoms with Gasteiger partial charge in [0.2, 0.25) is 0 Å². The predicted octanol–water partition coefficient (Wildman–Crippen LogP) is 2.33. The Hall–Kier alpha value is -1.74. The number of rotatable bonds is 2. The van der Waals surface area contributed by atoms with Gasteiger partial charge >= 0.3 is 5.97 Å². The molecule has 0 amide bonds. The van der Waals surface area contributed by atoms with E-state index in [1.807, 2.05) is 0 Å². The zero-order valence-electron chi connectivity index (χ0n) is 8.00. The summed E-state index contributed by atoms with van der Waals surface area (Å²) < 4.78 is 29.2. The first-order chi connectivity index (χ1) is 7.52. The van der Waals surface area contributed by atoms with Crippen molar-refractivity contribution in [2.45, 2.75) is 6.43 Å². The SMILES string of the molecule is COC(=O)c1c(C#N)cnc(C(F)F)c1Cl. The van der Waals surface area contributed by atoms with Crippen LogP contribution in [0.5, 0.6) is 0 Å². The van der Waals surface area contributed by atoms with Crippen molar-refractivity contribution in [2.24, 2.45) is 0 Å². The van der Waals surface area contributed by atoms with Gasteiger partial charge in [-0.2, -0.15) is 5.26 Å². The molecule has 84 valence electrons. The summed E-state index contributed by atoms with van der Waals surface area (Å²) in [5.41, 5.74) is -1.35. The van der Waals surface area contributed by atoms with E-state index in [4.69, 9.17) is 16.9 Å². The molecular formula is C9H5ClF2N2O2. The van der Waals surface area contributed by atoms with Crippen LogP contribution < -0.4 is 0 Å². The minimum Gasteiger partial charge on any atom is -0.465 e. The normalized spacial score (nSPS) is 10.0. The molecule has 0 aliphatic rings. The molecule has 1 aromatic rings. The fraction of sp³-hybridized carbons (Fsp3) is 0.222. The molecule has 0 aromatic carbocycles. The monoisotopic (exact) mass is 246 g/mol. The van der Waals surface area contributed by atoms with Gasteiger partial charge in [-0.05, 0) is 0 Å². The van der Waals surface area contributed by atoms with Gasteiger partial charge in [-0.3, -0.25) is 4.98 Å². The molecule has 0 aliphatic carbocycles. The number of aromatic nitrogens is 1. The highest BCUT2D eigenvalue weighted by atomic mass is 35.5. The third-order valence-electron chi connectivity index (χ3n) is 1.76. The van der Waals surface area contributed by atoms with E-state index in [1.165, 1.54) is 0 Å². The Morgan fingerprint density at radius 1 is 1.69 bits per heavy atom. The smallest absolute Gasteiger partial charge is 0.340 e. The Labute approximate surface area is 94.4 Å². The molecule has 0 aliphatic heterocycles. The van der Waals surface area contributed by atoms with Crippen LogP contribution in [-0.4, -0.2) is 18.1 Å². The number of hydrogen-bond acceptors (Lipinski definition) is 4. The highest BCUT2D eigenvalue weighted by Crippen LogP contribution is 2.29. The Morgan fingerprint density at radius 2 is 2.31 bits per heavy atom. The van der Waals surface area contributed by atoms with Crippen molar-refractivity contribution >= 4 is 17.6 Å². The average molecular weight is 247 g/mol. The highest BCUT2D eigenvalue weighted by molar-refractivity contribution is 6.34. The molecule has 1 heterocycles. The predicted molar refractivity (Wildman–Crippen MR) is 50.3 cm³/mol. The highest BCUT2D eigenvalue weighted by Gasteiger charge is 2.24. The number of esters is 1. The molecular weight excluding hydrogens is 242 g/mol. The van der Waals surface area contributed by atoms with Crippen LogP contribution in [0.1, 0.15) is 28.0 Å². The van der Waals surface area contributed by atoms with Crippen molar-refractivity contribution in [3.8, 4) is 6.07 Å². The number of nitriles is 1. The van der Waals surface area contributed by atoms with E-state index in [-0.39, 0.29) is 5.56 Å². The fourth-order valence-electron chi connectivity index (χ4n) is 1.04. The van der Waals surface area contributed by atoms with Crippen molar-refractivity contribution in [3.63, 3.8) is 0 Å². The summed E-state index contributed by atoms with van der Waals surface area (Å²) in [6, 6.07) is 1.63. The molecule has 1 aromatic heterocycles. The summed E-state index contributed by atoms with van der Waals surface area (Å²) in [5, 5.41) is 8.12. The second-order valence-electron chi connectivity index (χ2n) is 2.65. The fourth-order valence-corrected chi connectivity index (χ4v) is 1.35. The molecule has 0 radical (unpaired) electrons. The second-order valence-corrected chi connectivity index (χ2v) is 3.03. The molecule has 0 atom stereocenters. The number of halogens is 3. The summed E-state index contributed by atoms with van der Waals surface area (Å²) in [5.74, 6) is -0.953. The number of carbonyl (C=O) groups is 1. The maximum atomic E-state index is 12.4. The largest absolute Gasteiger partial charge is 0.465 e. The molecule has 0 fully saturated rings. The van der Waals surface area contributed by atoms with Crippen LogP contribution in [0.25, 0.3) is 0 Å². The average Bonchev–Trinajstić information content (AvgIpc) is 2.26. The van der Waals surface area contributed by atoms with Gasteiger partial charge in [0.15, 0.2) is 0 Å². The molecule has 0 spiro atoms. The van der Waals surface area contributed by atoms with E-state index < -0.39 is 28.7 Å². The lowest BCUT2D eigenvalue weighted by Gasteiger charge is -2.07. The minimum absolute atomic E-state index is 0.207. The van der Waals surface area contributed by atoms with Gasteiger partial charge in [0.1, 0.15) is 11.8 Å². The van der Waals surface area contributed by atoms with Crippen LogP contribution in [0.2, 0.25) is 5.02 Å².